The van der Waals surface area contributed by atoms with Gasteiger partial charge in [-0.15, -0.1) is 0 Å². The summed E-state index contributed by atoms with van der Waals surface area (Å²) in [6, 6.07) is 10.0. The van der Waals surface area contributed by atoms with E-state index in [0.717, 1.165) is 17.7 Å². The van der Waals surface area contributed by atoms with E-state index < -0.39 is 0 Å². The Labute approximate surface area is 112 Å². The van der Waals surface area contributed by atoms with Crippen LogP contribution in [0.2, 0.25) is 0 Å². The van der Waals surface area contributed by atoms with E-state index >= 15 is 0 Å². The van der Waals surface area contributed by atoms with Crippen molar-refractivity contribution in [1.29, 1.82) is 0 Å². The van der Waals surface area contributed by atoms with E-state index in [1.807, 2.05) is 19.1 Å². The minimum Gasteiger partial charge on any atom is -0.460 e. The molecule has 0 saturated heterocycles. The number of furan rings is 1. The van der Waals surface area contributed by atoms with Crippen LogP contribution in [-0.4, -0.2) is 17.8 Å². The molecule has 2 rings (SSSR count). The highest BCUT2D eigenvalue weighted by molar-refractivity contribution is 5.57. The largest absolute Gasteiger partial charge is 0.460 e. The quantitative estimate of drug-likeness (QED) is 0.842. The maximum absolute atomic E-state index is 12.8. The summed E-state index contributed by atoms with van der Waals surface area (Å²) in [4.78, 5) is 0. The van der Waals surface area contributed by atoms with Crippen molar-refractivity contribution in [3.8, 4) is 11.3 Å². The van der Waals surface area contributed by atoms with Gasteiger partial charge in [0, 0.05) is 11.6 Å². The van der Waals surface area contributed by atoms with Gasteiger partial charge in [0.15, 0.2) is 0 Å². The van der Waals surface area contributed by atoms with Crippen LogP contribution >= 0.6 is 0 Å². The second-order valence-corrected chi connectivity index (χ2v) is 4.44. The molecule has 1 aromatic heterocycles. The third-order valence-electron chi connectivity index (χ3n) is 3.07. The summed E-state index contributed by atoms with van der Waals surface area (Å²) in [7, 11) is 0. The zero-order chi connectivity index (χ0) is 13.7. The number of hydrogen-bond acceptors (Lipinski definition) is 3. The highest BCUT2D eigenvalue weighted by Crippen LogP contribution is 2.22. The summed E-state index contributed by atoms with van der Waals surface area (Å²) >= 11 is 0. The lowest BCUT2D eigenvalue weighted by Crippen LogP contribution is -2.30. The monoisotopic (exact) mass is 263 g/mol. The van der Waals surface area contributed by atoms with E-state index in [4.69, 9.17) is 9.52 Å². The molecule has 1 atom stereocenters. The van der Waals surface area contributed by atoms with Gasteiger partial charge in [-0.3, -0.25) is 0 Å². The molecule has 2 N–H and O–H groups in total. The van der Waals surface area contributed by atoms with E-state index in [0.29, 0.717) is 12.3 Å². The first-order chi connectivity index (χ1) is 9.22. The summed E-state index contributed by atoms with van der Waals surface area (Å²) in [5.74, 6) is 1.26. The highest BCUT2D eigenvalue weighted by Gasteiger charge is 2.07. The van der Waals surface area contributed by atoms with Gasteiger partial charge >= 0.3 is 0 Å². The molecular formula is C15H18FNO2. The molecule has 0 amide bonds. The minimum atomic E-state index is -0.258. The zero-order valence-electron chi connectivity index (χ0n) is 10.9. The Balaban J connectivity index is 2.01. The third-order valence-corrected chi connectivity index (χ3v) is 3.07. The normalized spacial score (nSPS) is 12.6. The van der Waals surface area contributed by atoms with Gasteiger partial charge in [0.25, 0.3) is 0 Å². The molecule has 0 aliphatic heterocycles. The topological polar surface area (TPSA) is 45.4 Å². The predicted molar refractivity (Wildman–Crippen MR) is 72.1 cm³/mol. The van der Waals surface area contributed by atoms with Gasteiger partial charge in [-0.25, -0.2) is 4.39 Å². The lowest BCUT2D eigenvalue weighted by atomic mass is 10.2. The lowest BCUT2D eigenvalue weighted by Gasteiger charge is -2.12. The van der Waals surface area contributed by atoms with E-state index in [1.54, 1.807) is 12.1 Å². The number of benzene rings is 1. The zero-order valence-corrected chi connectivity index (χ0v) is 10.9. The molecule has 3 nitrogen and oxygen atoms in total. The summed E-state index contributed by atoms with van der Waals surface area (Å²) < 4.78 is 18.5. The Morgan fingerprint density at radius 2 is 1.95 bits per heavy atom. The van der Waals surface area contributed by atoms with E-state index in [9.17, 15) is 4.39 Å². The van der Waals surface area contributed by atoms with Crippen molar-refractivity contribution in [3.63, 3.8) is 0 Å². The van der Waals surface area contributed by atoms with Gasteiger partial charge in [-0.1, -0.05) is 6.92 Å². The molecule has 1 aromatic carbocycles. The fourth-order valence-corrected chi connectivity index (χ4v) is 1.83. The molecule has 0 bridgehead atoms. The van der Waals surface area contributed by atoms with Crippen LogP contribution in [-0.2, 0) is 6.54 Å². The van der Waals surface area contributed by atoms with Crippen LogP contribution in [0.15, 0.2) is 40.8 Å². The molecule has 4 heteroatoms. The van der Waals surface area contributed by atoms with Crippen molar-refractivity contribution in [2.45, 2.75) is 25.9 Å². The Hall–Kier alpha value is -1.65. The Bertz CT molecular complexity index is 503. The second kappa shape index (κ2) is 6.50. The number of nitrogens with one attached hydrogen (secondary N) is 1. The molecule has 102 valence electrons. The highest BCUT2D eigenvalue weighted by atomic mass is 19.1. The van der Waals surface area contributed by atoms with Gasteiger partial charge in [-0.05, 0) is 42.8 Å². The second-order valence-electron chi connectivity index (χ2n) is 4.44. The Morgan fingerprint density at radius 1 is 1.21 bits per heavy atom. The molecule has 0 saturated carbocycles. The molecule has 1 heterocycles. The molecular weight excluding hydrogens is 245 g/mol. The van der Waals surface area contributed by atoms with Crippen molar-refractivity contribution in [2.24, 2.45) is 0 Å². The average Bonchev–Trinajstić information content (AvgIpc) is 2.89. The van der Waals surface area contributed by atoms with Gasteiger partial charge in [0.05, 0.1) is 13.2 Å². The summed E-state index contributed by atoms with van der Waals surface area (Å²) in [5.41, 5.74) is 0.849. The van der Waals surface area contributed by atoms with E-state index in [1.165, 1.54) is 12.1 Å². The van der Waals surface area contributed by atoms with Gasteiger partial charge < -0.3 is 14.8 Å². The van der Waals surface area contributed by atoms with Crippen LogP contribution < -0.4 is 5.32 Å². The molecule has 19 heavy (non-hydrogen) atoms. The van der Waals surface area contributed by atoms with E-state index in [-0.39, 0.29) is 18.5 Å². The van der Waals surface area contributed by atoms with Crippen molar-refractivity contribution in [2.75, 3.05) is 6.61 Å². The fourth-order valence-electron chi connectivity index (χ4n) is 1.83. The minimum absolute atomic E-state index is 0.0828. The predicted octanol–water partition coefficient (Wildman–Crippen LogP) is 2.95. The van der Waals surface area contributed by atoms with Crippen molar-refractivity contribution >= 4 is 0 Å². The molecule has 0 fully saturated rings. The molecule has 0 unspecified atom stereocenters. The first-order valence-electron chi connectivity index (χ1n) is 6.41. The van der Waals surface area contributed by atoms with Crippen molar-refractivity contribution < 1.29 is 13.9 Å². The molecule has 0 spiro atoms. The van der Waals surface area contributed by atoms with Crippen LogP contribution in [0.3, 0.4) is 0 Å². The fraction of sp³-hybridized carbons (Fsp3) is 0.333. The lowest BCUT2D eigenvalue weighted by molar-refractivity contribution is 0.235. The summed E-state index contributed by atoms with van der Waals surface area (Å²) in [5, 5.41) is 12.3. The third kappa shape index (κ3) is 3.66. The number of halogens is 1. The number of hydrogen-bond donors (Lipinski definition) is 2. The number of aliphatic hydroxyl groups excluding tert-OH is 1. The molecule has 0 aliphatic rings. The van der Waals surface area contributed by atoms with Crippen molar-refractivity contribution in [3.05, 3.63) is 48.0 Å². The smallest absolute Gasteiger partial charge is 0.134 e. The van der Waals surface area contributed by atoms with Gasteiger partial charge in [-0.2, -0.15) is 0 Å². The number of rotatable bonds is 6. The molecule has 0 radical (unpaired) electrons. The maximum Gasteiger partial charge on any atom is 0.134 e. The average molecular weight is 263 g/mol. The van der Waals surface area contributed by atoms with Gasteiger partial charge in [0.1, 0.15) is 17.3 Å². The van der Waals surface area contributed by atoms with Crippen LogP contribution in [0.4, 0.5) is 4.39 Å². The van der Waals surface area contributed by atoms with Crippen molar-refractivity contribution in [1.82, 2.24) is 5.32 Å². The molecule has 0 aliphatic carbocycles. The molecule has 2 aromatic rings. The van der Waals surface area contributed by atoms with Crippen LogP contribution in [0.25, 0.3) is 11.3 Å². The van der Waals surface area contributed by atoms with E-state index in [2.05, 4.69) is 5.32 Å². The first kappa shape index (κ1) is 13.8. The summed E-state index contributed by atoms with van der Waals surface area (Å²) in [6.07, 6.45) is 0.863. The summed E-state index contributed by atoms with van der Waals surface area (Å²) in [6.45, 7) is 2.70. The number of aliphatic hydroxyl groups is 1. The van der Waals surface area contributed by atoms with Crippen LogP contribution in [0.1, 0.15) is 19.1 Å². The standard InChI is InChI=1S/C15H18FNO2/c1-2-13(10-18)17-9-14-7-8-15(19-14)11-3-5-12(16)6-4-11/h3-8,13,17-18H,2,9-10H2,1H3/t13-/m1/s1. The van der Waals surface area contributed by atoms with Crippen LogP contribution in [0, 0.1) is 5.82 Å². The SMILES string of the molecule is CC[C@H](CO)NCc1ccc(-c2ccc(F)cc2)o1. The maximum atomic E-state index is 12.8. The Kier molecular flexibility index (Phi) is 4.71. The Morgan fingerprint density at radius 3 is 2.58 bits per heavy atom. The van der Waals surface area contributed by atoms with Crippen LogP contribution in [0.5, 0.6) is 0 Å². The van der Waals surface area contributed by atoms with Gasteiger partial charge in [0.2, 0.25) is 0 Å². The first-order valence-corrected chi connectivity index (χ1v) is 6.41.